The average molecular weight is 645 g/mol. The summed E-state index contributed by atoms with van der Waals surface area (Å²) in [4.78, 5) is 25.9. The summed E-state index contributed by atoms with van der Waals surface area (Å²) in [5.74, 6) is -2.82. The van der Waals surface area contributed by atoms with Gasteiger partial charge in [0.25, 0.3) is 26.1 Å². The molecule has 4 rings (SSSR count). The zero-order valence-electron chi connectivity index (χ0n) is 22.5. The number of unbranched alkanes of at least 4 members (excludes halogenated alkanes) is 2. The highest BCUT2D eigenvalue weighted by molar-refractivity contribution is 7.86. The van der Waals surface area contributed by atoms with Gasteiger partial charge in [0.15, 0.2) is 21.1 Å². The molecule has 0 saturated heterocycles. The molecule has 44 heavy (non-hydrogen) atoms. The summed E-state index contributed by atoms with van der Waals surface area (Å²) >= 11 is 0. The molecule has 1 aliphatic heterocycles. The van der Waals surface area contributed by atoms with Crippen LogP contribution in [-0.2, 0) is 20.2 Å². The first-order chi connectivity index (χ1) is 20.7. The standard InChI is InChI=1S/C26H24N6O10S2/c27-18-8-6-15-20(14-5-4-13(12-17(14)26(34)35)25(33)30-10-2-1-3-11-31-32-29)16-7-9-19(28)24(44(39,40)41)22(16)42-21(15)23(18)43(36,37)38/h4-9,12,27H,1-3,10-11,28H2,(H,30,33)(H,34,35)(H,36,37,38)(H,39,40,41). The molecule has 0 saturated carbocycles. The number of anilines is 1. The van der Waals surface area contributed by atoms with E-state index < -0.39 is 69.9 Å². The number of aromatic carboxylic acids is 1. The quantitative estimate of drug-likeness (QED) is 0.0260. The maximum absolute atomic E-state index is 12.8. The predicted molar refractivity (Wildman–Crippen MR) is 155 cm³/mol. The van der Waals surface area contributed by atoms with Gasteiger partial charge in [-0.1, -0.05) is 17.6 Å². The Morgan fingerprint density at radius 2 is 1.66 bits per heavy atom. The third-order valence-electron chi connectivity index (χ3n) is 6.58. The summed E-state index contributed by atoms with van der Waals surface area (Å²) in [6.07, 6.45) is 1.85. The van der Waals surface area contributed by atoms with E-state index in [9.17, 15) is 40.6 Å². The molecule has 0 fully saturated rings. The Labute approximate surface area is 249 Å². The first-order valence-corrected chi connectivity index (χ1v) is 15.5. The third kappa shape index (κ3) is 6.34. The first kappa shape index (κ1) is 31.9. The van der Waals surface area contributed by atoms with Crippen LogP contribution in [0.4, 0.5) is 5.69 Å². The number of rotatable bonds is 11. The minimum atomic E-state index is -5.16. The fourth-order valence-electron chi connectivity index (χ4n) is 4.71. The van der Waals surface area contributed by atoms with Gasteiger partial charge in [0.2, 0.25) is 0 Å². The van der Waals surface area contributed by atoms with Crippen LogP contribution in [0.3, 0.4) is 0 Å². The summed E-state index contributed by atoms with van der Waals surface area (Å²) in [5, 5.41) is 23.4. The molecule has 18 heteroatoms. The van der Waals surface area contributed by atoms with E-state index in [0.29, 0.717) is 25.8 Å². The first-order valence-electron chi connectivity index (χ1n) is 12.6. The average Bonchev–Trinajstić information content (AvgIpc) is 2.93. The molecule has 2 aromatic carbocycles. The Morgan fingerprint density at radius 1 is 0.977 bits per heavy atom. The lowest BCUT2D eigenvalue weighted by Crippen LogP contribution is -2.24. The van der Waals surface area contributed by atoms with Gasteiger partial charge < -0.3 is 20.6 Å². The van der Waals surface area contributed by atoms with Crippen molar-refractivity contribution in [3.05, 3.63) is 69.4 Å². The molecule has 0 atom stereocenters. The number of carbonyl (C=O) groups is 2. The van der Waals surface area contributed by atoms with Gasteiger partial charge in [-0.3, -0.25) is 19.3 Å². The number of hydrogen-bond acceptors (Lipinski definition) is 10. The third-order valence-corrected chi connectivity index (χ3v) is 8.44. The summed E-state index contributed by atoms with van der Waals surface area (Å²) < 4.78 is 74.7. The topological polar surface area (TPSA) is 287 Å². The number of fused-ring (bicyclic) bond motifs is 2. The molecule has 2 aromatic rings. The van der Waals surface area contributed by atoms with Gasteiger partial charge in [0, 0.05) is 40.1 Å². The minimum Gasteiger partial charge on any atom is -0.478 e. The van der Waals surface area contributed by atoms with Crippen molar-refractivity contribution in [1.82, 2.24) is 5.32 Å². The minimum absolute atomic E-state index is 0.0376. The Kier molecular flexibility index (Phi) is 8.93. The number of nitrogens with two attached hydrogens (primary N) is 1. The SMILES string of the molecule is [N-]=[N+]=NCCCCCNC(=O)c1ccc(-c2c3ccc(=N)c(S(=O)(=O)O)c-3oc3c(S(=O)(=O)O)c(N)ccc23)c(C(=O)O)c1. The van der Waals surface area contributed by atoms with Gasteiger partial charge in [0.1, 0.15) is 0 Å². The summed E-state index contributed by atoms with van der Waals surface area (Å²) in [5.41, 5.74) is 12.1. The molecule has 1 amide bonds. The van der Waals surface area contributed by atoms with E-state index in [0.717, 1.165) is 18.2 Å². The molecule has 16 nitrogen and oxygen atoms in total. The zero-order valence-corrected chi connectivity index (χ0v) is 24.1. The van der Waals surface area contributed by atoms with E-state index in [1.54, 1.807) is 0 Å². The van der Waals surface area contributed by atoms with Gasteiger partial charge in [-0.25, -0.2) is 4.79 Å². The van der Waals surface area contributed by atoms with Crippen LogP contribution in [0.25, 0.3) is 43.9 Å². The van der Waals surface area contributed by atoms with Gasteiger partial charge in [-0.05, 0) is 60.3 Å². The van der Waals surface area contributed by atoms with Crippen molar-refractivity contribution in [2.45, 2.75) is 29.1 Å². The van der Waals surface area contributed by atoms with E-state index in [2.05, 4.69) is 15.3 Å². The van der Waals surface area contributed by atoms with E-state index >= 15 is 0 Å². The number of benzene rings is 3. The Hall–Kier alpha value is -5.00. The van der Waals surface area contributed by atoms with Crippen molar-refractivity contribution in [2.75, 3.05) is 18.8 Å². The molecule has 2 aliphatic rings. The summed E-state index contributed by atoms with van der Waals surface area (Å²) in [7, 11) is -10.3. The monoisotopic (exact) mass is 644 g/mol. The molecule has 0 spiro atoms. The van der Waals surface area contributed by atoms with Gasteiger partial charge in [-0.2, -0.15) is 16.8 Å². The number of hydrogen-bond donors (Lipinski definition) is 6. The highest BCUT2D eigenvalue weighted by Gasteiger charge is 2.31. The van der Waals surface area contributed by atoms with Crippen molar-refractivity contribution in [3.63, 3.8) is 0 Å². The molecule has 0 radical (unpaired) electrons. The summed E-state index contributed by atoms with van der Waals surface area (Å²) in [6, 6.07) is 8.19. The van der Waals surface area contributed by atoms with Crippen LogP contribution in [0, 0.1) is 5.41 Å². The smallest absolute Gasteiger partial charge is 0.336 e. The maximum Gasteiger partial charge on any atom is 0.336 e. The van der Waals surface area contributed by atoms with Crippen LogP contribution in [0.15, 0.2) is 61.8 Å². The largest absolute Gasteiger partial charge is 0.478 e. The highest BCUT2D eigenvalue weighted by Crippen LogP contribution is 2.45. The second-order valence-electron chi connectivity index (χ2n) is 9.44. The number of carboxylic acids is 1. The lowest BCUT2D eigenvalue weighted by atomic mass is 9.89. The molecular weight excluding hydrogens is 620 g/mol. The number of nitrogens with zero attached hydrogens (tertiary/aromatic N) is 3. The van der Waals surface area contributed by atoms with Crippen LogP contribution in [-0.4, -0.2) is 56.0 Å². The second kappa shape index (κ2) is 12.3. The van der Waals surface area contributed by atoms with Gasteiger partial charge in [0.05, 0.1) is 16.6 Å². The molecule has 1 heterocycles. The predicted octanol–water partition coefficient (Wildman–Crippen LogP) is 3.67. The van der Waals surface area contributed by atoms with Crippen LogP contribution < -0.4 is 16.4 Å². The number of nitrogen functional groups attached to an aromatic ring is 1. The fraction of sp³-hybridized carbons (Fsp3) is 0.192. The van der Waals surface area contributed by atoms with Crippen molar-refractivity contribution in [2.24, 2.45) is 5.11 Å². The normalized spacial score (nSPS) is 11.8. The van der Waals surface area contributed by atoms with Gasteiger partial charge in [-0.15, -0.1) is 0 Å². The molecule has 230 valence electrons. The Bertz CT molecular complexity index is 2120. The second-order valence-corrected chi connectivity index (χ2v) is 12.2. The van der Waals surface area contributed by atoms with Crippen LogP contribution in [0.2, 0.25) is 0 Å². The Balaban J connectivity index is 1.96. The lowest BCUT2D eigenvalue weighted by molar-refractivity contribution is 0.0697. The maximum atomic E-state index is 12.8. The number of azide groups is 1. The van der Waals surface area contributed by atoms with E-state index in [1.165, 1.54) is 24.3 Å². The van der Waals surface area contributed by atoms with Crippen molar-refractivity contribution >= 4 is 48.8 Å². The number of nitrogens with one attached hydrogen (secondary N) is 2. The van der Waals surface area contributed by atoms with Crippen molar-refractivity contribution in [1.29, 1.82) is 5.41 Å². The molecule has 0 unspecified atom stereocenters. The number of amides is 1. The zero-order chi connectivity index (χ0) is 32.4. The van der Waals surface area contributed by atoms with E-state index in [1.807, 2.05) is 0 Å². The fourth-order valence-corrected chi connectivity index (χ4v) is 6.19. The molecule has 0 bridgehead atoms. The van der Waals surface area contributed by atoms with Crippen LogP contribution in [0.5, 0.6) is 0 Å². The highest BCUT2D eigenvalue weighted by atomic mass is 32.2. The number of carbonyl (C=O) groups excluding carboxylic acids is 1. The summed E-state index contributed by atoms with van der Waals surface area (Å²) in [6.45, 7) is 0.569. The molecule has 7 N–H and O–H groups in total. The van der Waals surface area contributed by atoms with Gasteiger partial charge >= 0.3 is 5.97 Å². The van der Waals surface area contributed by atoms with Crippen molar-refractivity contribution in [3.8, 4) is 22.5 Å². The molecule has 0 aromatic heterocycles. The van der Waals surface area contributed by atoms with Crippen molar-refractivity contribution < 1.29 is 45.1 Å². The molecular formula is C26H24N6O10S2. The Morgan fingerprint density at radius 3 is 2.30 bits per heavy atom. The lowest BCUT2D eigenvalue weighted by Gasteiger charge is -2.20. The van der Waals surface area contributed by atoms with E-state index in [-0.39, 0.29) is 34.2 Å². The van der Waals surface area contributed by atoms with Crippen LogP contribution in [0.1, 0.15) is 40.0 Å². The number of carboxylic acid groups (broad SMARTS) is 1. The molecule has 1 aliphatic carbocycles. The van der Waals surface area contributed by atoms with E-state index in [4.69, 9.17) is 21.1 Å². The van der Waals surface area contributed by atoms with Crippen LogP contribution >= 0.6 is 0 Å².